The quantitative estimate of drug-likeness (QED) is 0.547. The van der Waals surface area contributed by atoms with Crippen molar-refractivity contribution in [3.05, 3.63) is 24.3 Å². The summed E-state index contributed by atoms with van der Waals surface area (Å²) in [6, 6.07) is 0. The van der Waals surface area contributed by atoms with Crippen LogP contribution in [0, 0.1) is 17.8 Å². The Hall–Kier alpha value is -1.62. The Morgan fingerprint density at radius 2 is 2.00 bits per heavy atom. The van der Waals surface area contributed by atoms with Crippen LogP contribution in [0.3, 0.4) is 0 Å². The van der Waals surface area contributed by atoms with Crippen LogP contribution in [0.25, 0.3) is 0 Å². The highest BCUT2D eigenvalue weighted by Gasteiger charge is 2.52. The van der Waals surface area contributed by atoms with E-state index < -0.39 is 17.7 Å². The highest BCUT2D eigenvalue weighted by Crippen LogP contribution is 2.47. The van der Waals surface area contributed by atoms with E-state index in [1.54, 1.807) is 0 Å². The molecular weight excluding hydrogens is 246 g/mol. The molecule has 2 aliphatic carbocycles. The summed E-state index contributed by atoms with van der Waals surface area (Å²) < 4.78 is 5.31. The first-order valence-electron chi connectivity index (χ1n) is 6.67. The fourth-order valence-electron chi connectivity index (χ4n) is 3.60. The molecule has 1 saturated heterocycles. The predicted octanol–water partition coefficient (Wildman–Crippen LogP) is 1.07. The molecular formula is C14H17NO4. The van der Waals surface area contributed by atoms with E-state index >= 15 is 0 Å². The number of aliphatic carboxylic acids is 1. The van der Waals surface area contributed by atoms with Crippen molar-refractivity contribution in [3.8, 4) is 0 Å². The number of carboxylic acid groups (broad SMARTS) is 1. The van der Waals surface area contributed by atoms with E-state index in [0.717, 1.165) is 19.4 Å². The van der Waals surface area contributed by atoms with Gasteiger partial charge in [0.05, 0.1) is 0 Å². The van der Waals surface area contributed by atoms with Gasteiger partial charge in [-0.3, -0.25) is 5.32 Å². The molecule has 2 fully saturated rings. The zero-order valence-electron chi connectivity index (χ0n) is 10.5. The van der Waals surface area contributed by atoms with Crippen LogP contribution < -0.4 is 5.32 Å². The van der Waals surface area contributed by atoms with Crippen molar-refractivity contribution >= 4 is 11.9 Å². The Bertz CT molecular complexity index is 470. The number of fused-ring (bicyclic) bond motifs is 2. The Morgan fingerprint density at radius 3 is 2.74 bits per heavy atom. The van der Waals surface area contributed by atoms with Gasteiger partial charge >= 0.3 is 11.9 Å². The maximum atomic E-state index is 11.4. The summed E-state index contributed by atoms with van der Waals surface area (Å²) in [6.45, 7) is 0.768. The van der Waals surface area contributed by atoms with Crippen LogP contribution in [0.2, 0.25) is 0 Å². The van der Waals surface area contributed by atoms with Crippen molar-refractivity contribution in [2.75, 3.05) is 6.54 Å². The molecule has 4 unspecified atom stereocenters. The molecule has 1 aliphatic heterocycles. The Morgan fingerprint density at radius 1 is 1.26 bits per heavy atom. The third-order valence-corrected chi connectivity index (χ3v) is 4.50. The first kappa shape index (κ1) is 12.4. The summed E-state index contributed by atoms with van der Waals surface area (Å²) >= 11 is 0. The molecule has 19 heavy (non-hydrogen) atoms. The van der Waals surface area contributed by atoms with Crippen LogP contribution in [-0.2, 0) is 14.3 Å². The van der Waals surface area contributed by atoms with Crippen LogP contribution in [0.15, 0.2) is 24.3 Å². The highest BCUT2D eigenvalue weighted by molar-refractivity contribution is 6.28. The van der Waals surface area contributed by atoms with E-state index in [4.69, 9.17) is 9.84 Å². The number of allylic oxidation sites excluding steroid dienone is 4. The van der Waals surface area contributed by atoms with Crippen LogP contribution in [0.4, 0.5) is 0 Å². The fraction of sp³-hybridized carbons (Fsp3) is 0.571. The predicted molar refractivity (Wildman–Crippen MR) is 67.1 cm³/mol. The van der Waals surface area contributed by atoms with Crippen LogP contribution in [0.5, 0.6) is 0 Å². The van der Waals surface area contributed by atoms with Crippen LogP contribution in [-0.4, -0.2) is 29.3 Å². The molecule has 0 amide bonds. The normalized spacial score (nSPS) is 39.5. The molecule has 1 saturated carbocycles. The number of carbonyl (C=O) groups is 2. The first-order chi connectivity index (χ1) is 9.11. The van der Waals surface area contributed by atoms with Crippen LogP contribution >= 0.6 is 0 Å². The highest BCUT2D eigenvalue weighted by atomic mass is 16.6. The van der Waals surface area contributed by atoms with E-state index in [9.17, 15) is 9.59 Å². The van der Waals surface area contributed by atoms with Crippen molar-refractivity contribution in [2.24, 2.45) is 17.8 Å². The first-order valence-corrected chi connectivity index (χ1v) is 6.67. The third kappa shape index (κ3) is 2.08. The number of hydrogen-bond donors (Lipinski definition) is 2. The maximum absolute atomic E-state index is 11.4. The average molecular weight is 263 g/mol. The lowest BCUT2D eigenvalue weighted by Gasteiger charge is -2.44. The second-order valence-corrected chi connectivity index (χ2v) is 5.53. The minimum atomic E-state index is -1.52. The van der Waals surface area contributed by atoms with Crippen molar-refractivity contribution in [2.45, 2.75) is 25.0 Å². The molecule has 2 N–H and O–H groups in total. The molecule has 5 heteroatoms. The van der Waals surface area contributed by atoms with Gasteiger partial charge in [0.15, 0.2) is 5.72 Å². The molecule has 3 aliphatic rings. The molecule has 0 aromatic heterocycles. The molecule has 0 radical (unpaired) electrons. The lowest BCUT2D eigenvalue weighted by atomic mass is 9.68. The standard InChI is InChI=1S/C14H17NO4/c16-12(17)13(18)19-14-8-10-4-2-1-3-9(10)7-11(14)5-6-15-14/h1-4,9-11,15H,5-8H2,(H,16,17). The number of hydrogen-bond acceptors (Lipinski definition) is 4. The zero-order chi connectivity index (χ0) is 13.5. The topological polar surface area (TPSA) is 75.6 Å². The van der Waals surface area contributed by atoms with Crippen molar-refractivity contribution in [1.82, 2.24) is 5.32 Å². The van der Waals surface area contributed by atoms with E-state index in [1.807, 2.05) is 6.08 Å². The number of rotatable bonds is 1. The molecule has 0 spiro atoms. The molecule has 102 valence electrons. The molecule has 0 bridgehead atoms. The van der Waals surface area contributed by atoms with Crippen LogP contribution in [0.1, 0.15) is 19.3 Å². The lowest BCUT2D eigenvalue weighted by Crippen LogP contribution is -2.54. The third-order valence-electron chi connectivity index (χ3n) is 4.50. The number of ether oxygens (including phenoxy) is 1. The number of esters is 1. The fourth-order valence-corrected chi connectivity index (χ4v) is 3.60. The van der Waals surface area contributed by atoms with Gasteiger partial charge in [-0.2, -0.15) is 0 Å². The number of carbonyl (C=O) groups excluding carboxylic acids is 1. The monoisotopic (exact) mass is 263 g/mol. The van der Waals surface area contributed by atoms with Gasteiger partial charge in [0, 0.05) is 12.3 Å². The summed E-state index contributed by atoms with van der Waals surface area (Å²) in [5.41, 5.74) is -0.786. The smallest absolute Gasteiger partial charge is 0.419 e. The Kier molecular flexibility index (Phi) is 2.93. The second kappa shape index (κ2) is 4.49. The SMILES string of the molecule is O=C(O)C(=O)OC12CC3C=CC=CC3CC1CCN2. The van der Waals surface area contributed by atoms with E-state index in [2.05, 4.69) is 23.5 Å². The molecule has 5 nitrogen and oxygen atoms in total. The minimum absolute atomic E-state index is 0.202. The molecule has 3 rings (SSSR count). The second-order valence-electron chi connectivity index (χ2n) is 5.53. The van der Waals surface area contributed by atoms with Gasteiger partial charge in [-0.05, 0) is 31.2 Å². The molecule has 1 heterocycles. The Labute approximate surface area is 111 Å². The molecule has 0 aromatic carbocycles. The summed E-state index contributed by atoms with van der Waals surface area (Å²) in [4.78, 5) is 22.1. The zero-order valence-corrected chi connectivity index (χ0v) is 10.5. The largest absolute Gasteiger partial charge is 0.473 e. The summed E-state index contributed by atoms with van der Waals surface area (Å²) in [5.74, 6) is -1.69. The summed E-state index contributed by atoms with van der Waals surface area (Å²) in [5, 5.41) is 12.0. The summed E-state index contributed by atoms with van der Waals surface area (Å²) in [6.07, 6.45) is 10.9. The van der Waals surface area contributed by atoms with Crippen molar-refractivity contribution in [1.29, 1.82) is 0 Å². The van der Waals surface area contributed by atoms with E-state index in [0.29, 0.717) is 18.3 Å². The minimum Gasteiger partial charge on any atom is -0.473 e. The van der Waals surface area contributed by atoms with Gasteiger partial charge in [-0.1, -0.05) is 24.3 Å². The van der Waals surface area contributed by atoms with Crippen molar-refractivity contribution < 1.29 is 19.4 Å². The number of carboxylic acids is 1. The summed E-state index contributed by atoms with van der Waals surface area (Å²) in [7, 11) is 0. The van der Waals surface area contributed by atoms with E-state index in [1.165, 1.54) is 0 Å². The Balaban J connectivity index is 1.82. The van der Waals surface area contributed by atoms with Gasteiger partial charge in [-0.15, -0.1) is 0 Å². The molecule has 4 atom stereocenters. The number of nitrogens with one attached hydrogen (secondary N) is 1. The van der Waals surface area contributed by atoms with Gasteiger partial charge < -0.3 is 9.84 Å². The van der Waals surface area contributed by atoms with Crippen molar-refractivity contribution in [3.63, 3.8) is 0 Å². The van der Waals surface area contributed by atoms with Gasteiger partial charge in [-0.25, -0.2) is 9.59 Å². The van der Waals surface area contributed by atoms with E-state index in [-0.39, 0.29) is 5.92 Å². The van der Waals surface area contributed by atoms with Gasteiger partial charge in [0.2, 0.25) is 0 Å². The molecule has 0 aromatic rings. The maximum Gasteiger partial charge on any atom is 0.419 e. The van der Waals surface area contributed by atoms with Gasteiger partial charge in [0.25, 0.3) is 0 Å². The van der Waals surface area contributed by atoms with Gasteiger partial charge in [0.1, 0.15) is 0 Å². The lowest BCUT2D eigenvalue weighted by molar-refractivity contribution is -0.185. The average Bonchev–Trinajstić information content (AvgIpc) is 2.77.